The fraction of sp³-hybridized carbons (Fsp3) is 0.771. The van der Waals surface area contributed by atoms with Gasteiger partial charge in [-0.2, -0.15) is 0 Å². The van der Waals surface area contributed by atoms with E-state index in [4.69, 9.17) is 4.74 Å². The first-order valence-corrected chi connectivity index (χ1v) is 16.7. The number of rotatable bonds is 3. The lowest BCUT2D eigenvalue weighted by Gasteiger charge is -2.71. The van der Waals surface area contributed by atoms with E-state index in [0.717, 1.165) is 64.2 Å². The van der Waals surface area contributed by atoms with Crippen LogP contribution in [0.15, 0.2) is 29.2 Å². The van der Waals surface area contributed by atoms with Gasteiger partial charge in [0.1, 0.15) is 11.0 Å². The first-order valence-electron chi connectivity index (χ1n) is 15.8. The van der Waals surface area contributed by atoms with Gasteiger partial charge in [0, 0.05) is 5.41 Å². The van der Waals surface area contributed by atoms with Crippen molar-refractivity contribution in [3.05, 3.63) is 34.0 Å². The molecule has 8 atom stereocenters. The number of allylic oxidation sites excluding steroid dienone is 2. The molecule has 0 saturated heterocycles. The third-order valence-corrected chi connectivity index (χ3v) is 14.8. The van der Waals surface area contributed by atoms with Gasteiger partial charge in [0.15, 0.2) is 0 Å². The number of ether oxygens (including phenoxy) is 1. The summed E-state index contributed by atoms with van der Waals surface area (Å²) in [5, 5.41) is 12.5. The minimum atomic E-state index is -0.586. The van der Waals surface area contributed by atoms with Crippen LogP contribution in [0.1, 0.15) is 122 Å². The smallest absolute Gasteiger partial charge is 0.348 e. The second-order valence-electron chi connectivity index (χ2n) is 16.4. The Kier molecular flexibility index (Phi) is 6.37. The SMILES string of the molecule is CC1(C)CC[C@]2(C(=O)O)CC[C@]3(C)C(=CC[C@@H]4[C@@]5(C)CC[C@H](OC(=O)c6cccs6)C(C)(C)[C@@H]5CC[C@]43C)[C@@H]2C1. The number of fused-ring (bicyclic) bond motifs is 7. The summed E-state index contributed by atoms with van der Waals surface area (Å²) in [5.41, 5.74) is 1.35. The quantitative estimate of drug-likeness (QED) is 0.293. The molecule has 0 bridgehead atoms. The number of thiophene rings is 1. The van der Waals surface area contributed by atoms with Crippen LogP contribution in [-0.4, -0.2) is 23.1 Å². The monoisotopic (exact) mass is 566 g/mol. The fourth-order valence-electron chi connectivity index (χ4n) is 11.4. The molecule has 5 aliphatic rings. The zero-order valence-corrected chi connectivity index (χ0v) is 26.6. The van der Waals surface area contributed by atoms with Gasteiger partial charge in [0.05, 0.1) is 5.41 Å². The normalized spacial score (nSPS) is 45.1. The largest absolute Gasteiger partial charge is 0.481 e. The Balaban J connectivity index is 1.33. The van der Waals surface area contributed by atoms with Crippen molar-refractivity contribution < 1.29 is 19.4 Å². The van der Waals surface area contributed by atoms with Crippen LogP contribution >= 0.6 is 11.3 Å². The molecular formula is C35H50O4S. The third-order valence-electron chi connectivity index (χ3n) is 14.0. The molecule has 1 aromatic rings. The molecule has 0 spiro atoms. The first kappa shape index (κ1) is 28.5. The lowest BCUT2D eigenvalue weighted by atomic mass is 9.33. The van der Waals surface area contributed by atoms with Gasteiger partial charge in [-0.1, -0.05) is 66.2 Å². The number of carbonyl (C=O) groups is 2. The van der Waals surface area contributed by atoms with E-state index in [0.29, 0.717) is 16.7 Å². The number of carboxylic acids is 1. The maximum absolute atomic E-state index is 13.0. The number of carboxylic acid groups (broad SMARTS) is 1. The molecule has 5 heteroatoms. The van der Waals surface area contributed by atoms with Crippen molar-refractivity contribution in [1.29, 1.82) is 0 Å². The standard InChI is InChI=1S/C35H50O4S/c1-30(2)16-18-35(29(37)38)19-17-33(6)22(23(35)21-30)10-11-26-32(5)14-13-27(39-28(36)24-9-8-20-40-24)31(3,4)25(32)12-15-34(26,33)7/h8-10,20,23,25-27H,11-19,21H2,1-7H3,(H,37,38)/t23-,25-,26+,27-,32-,33+,34+,35-/m0/s1. The average molecular weight is 567 g/mol. The van der Waals surface area contributed by atoms with Crippen LogP contribution in [0.5, 0.6) is 0 Å². The summed E-state index contributed by atoms with van der Waals surface area (Å²) >= 11 is 1.46. The lowest BCUT2D eigenvalue weighted by Crippen LogP contribution is -2.65. The molecule has 4 saturated carbocycles. The summed E-state index contributed by atoms with van der Waals surface area (Å²) in [6.45, 7) is 17.0. The zero-order chi connectivity index (χ0) is 28.9. The van der Waals surface area contributed by atoms with Crippen LogP contribution in [0.3, 0.4) is 0 Å². The van der Waals surface area contributed by atoms with E-state index < -0.39 is 11.4 Å². The number of esters is 1. The molecule has 0 aliphatic heterocycles. The molecule has 0 aromatic carbocycles. The van der Waals surface area contributed by atoms with Crippen molar-refractivity contribution in [3.63, 3.8) is 0 Å². The summed E-state index contributed by atoms with van der Waals surface area (Å²) in [7, 11) is 0. The molecular weight excluding hydrogens is 516 g/mol. The van der Waals surface area contributed by atoms with Crippen molar-refractivity contribution in [3.8, 4) is 0 Å². The minimum Gasteiger partial charge on any atom is -0.481 e. The van der Waals surface area contributed by atoms with Crippen LogP contribution in [0.25, 0.3) is 0 Å². The van der Waals surface area contributed by atoms with Gasteiger partial charge in [0.25, 0.3) is 0 Å². The van der Waals surface area contributed by atoms with Crippen LogP contribution in [0.4, 0.5) is 0 Å². The van der Waals surface area contributed by atoms with E-state index in [-0.39, 0.29) is 45.1 Å². The highest BCUT2D eigenvalue weighted by Crippen LogP contribution is 2.75. The topological polar surface area (TPSA) is 63.6 Å². The molecule has 0 radical (unpaired) electrons. The Morgan fingerprint density at radius 3 is 2.33 bits per heavy atom. The summed E-state index contributed by atoms with van der Waals surface area (Å²) < 4.78 is 6.23. The maximum Gasteiger partial charge on any atom is 0.348 e. The molecule has 0 amide bonds. The number of hydrogen-bond donors (Lipinski definition) is 1. The van der Waals surface area contributed by atoms with Crippen molar-refractivity contribution in [1.82, 2.24) is 0 Å². The highest BCUT2D eigenvalue weighted by Gasteiger charge is 2.69. The van der Waals surface area contributed by atoms with Crippen molar-refractivity contribution >= 4 is 23.3 Å². The van der Waals surface area contributed by atoms with Gasteiger partial charge in [-0.25, -0.2) is 4.79 Å². The molecule has 6 rings (SSSR count). The van der Waals surface area contributed by atoms with Crippen molar-refractivity contribution in [2.75, 3.05) is 0 Å². The highest BCUT2D eigenvalue weighted by molar-refractivity contribution is 7.11. The number of aliphatic carboxylic acids is 1. The third kappa shape index (κ3) is 3.74. The molecule has 220 valence electrons. The van der Waals surface area contributed by atoms with Gasteiger partial charge < -0.3 is 9.84 Å². The Morgan fingerprint density at radius 1 is 0.925 bits per heavy atom. The van der Waals surface area contributed by atoms with Crippen molar-refractivity contribution in [2.24, 2.45) is 50.2 Å². The molecule has 4 nitrogen and oxygen atoms in total. The maximum atomic E-state index is 13.0. The second-order valence-corrected chi connectivity index (χ2v) is 17.4. The van der Waals surface area contributed by atoms with Crippen LogP contribution in [0.2, 0.25) is 0 Å². The van der Waals surface area contributed by atoms with Gasteiger partial charge >= 0.3 is 11.9 Å². The average Bonchev–Trinajstić information content (AvgIpc) is 3.41. The number of hydrogen-bond acceptors (Lipinski definition) is 4. The van der Waals surface area contributed by atoms with Crippen molar-refractivity contribution in [2.45, 2.75) is 119 Å². The zero-order valence-electron chi connectivity index (χ0n) is 25.8. The molecule has 1 heterocycles. The Hall–Kier alpha value is -1.62. The van der Waals surface area contributed by atoms with E-state index in [1.54, 1.807) is 0 Å². The minimum absolute atomic E-state index is 0.0353. The summed E-state index contributed by atoms with van der Waals surface area (Å²) in [6.07, 6.45) is 12.5. The Bertz CT molecular complexity index is 1230. The number of carbonyl (C=O) groups excluding carboxylic acids is 1. The molecule has 5 aliphatic carbocycles. The Labute approximate surface area is 245 Å². The van der Waals surface area contributed by atoms with E-state index in [1.807, 2.05) is 17.5 Å². The molecule has 1 aromatic heterocycles. The summed E-state index contributed by atoms with van der Waals surface area (Å²) in [6, 6.07) is 3.78. The Morgan fingerprint density at radius 2 is 1.65 bits per heavy atom. The summed E-state index contributed by atoms with van der Waals surface area (Å²) in [5.74, 6) is 0.460. The van der Waals surface area contributed by atoms with Crippen LogP contribution < -0.4 is 0 Å². The van der Waals surface area contributed by atoms with Gasteiger partial charge in [-0.05, 0) is 115 Å². The molecule has 1 N–H and O–H groups in total. The van der Waals surface area contributed by atoms with E-state index in [2.05, 4.69) is 54.5 Å². The van der Waals surface area contributed by atoms with E-state index >= 15 is 0 Å². The summed E-state index contributed by atoms with van der Waals surface area (Å²) in [4.78, 5) is 26.5. The van der Waals surface area contributed by atoms with Gasteiger partial charge in [0.2, 0.25) is 0 Å². The van der Waals surface area contributed by atoms with Gasteiger partial charge in [-0.15, -0.1) is 11.3 Å². The molecule has 40 heavy (non-hydrogen) atoms. The molecule has 4 fully saturated rings. The lowest BCUT2D eigenvalue weighted by molar-refractivity contribution is -0.205. The van der Waals surface area contributed by atoms with E-state index in [1.165, 1.54) is 16.9 Å². The second kappa shape index (κ2) is 8.94. The first-order chi connectivity index (χ1) is 18.6. The van der Waals surface area contributed by atoms with E-state index in [9.17, 15) is 14.7 Å². The fourth-order valence-corrected chi connectivity index (χ4v) is 12.0. The predicted octanol–water partition coefficient (Wildman–Crippen LogP) is 9.16. The molecule has 0 unspecified atom stereocenters. The predicted molar refractivity (Wildman–Crippen MR) is 160 cm³/mol. The highest BCUT2D eigenvalue weighted by atomic mass is 32.1. The van der Waals surface area contributed by atoms with Gasteiger partial charge in [-0.3, -0.25) is 4.79 Å². The van der Waals surface area contributed by atoms with Crippen LogP contribution in [-0.2, 0) is 9.53 Å². The van der Waals surface area contributed by atoms with Crippen LogP contribution in [0, 0.1) is 50.2 Å².